The first-order chi connectivity index (χ1) is 8.06. The average molecular weight is 270 g/mol. The van der Waals surface area contributed by atoms with Crippen molar-refractivity contribution in [2.75, 3.05) is 12.8 Å². The second-order valence-electron chi connectivity index (χ2n) is 3.57. The van der Waals surface area contributed by atoms with Crippen molar-refractivity contribution in [3.63, 3.8) is 0 Å². The number of hydrogen-bond donors (Lipinski definition) is 2. The Morgan fingerprint density at radius 2 is 2.12 bits per heavy atom. The predicted octanol–water partition coefficient (Wildman–Crippen LogP) is 3.67. The van der Waals surface area contributed by atoms with Gasteiger partial charge in [0, 0.05) is 10.4 Å². The van der Waals surface area contributed by atoms with Gasteiger partial charge in [-0.2, -0.15) is 0 Å². The van der Waals surface area contributed by atoms with Crippen molar-refractivity contribution in [3.8, 4) is 22.6 Å². The molecule has 0 radical (unpaired) electrons. The van der Waals surface area contributed by atoms with E-state index >= 15 is 0 Å². The smallest absolute Gasteiger partial charge is 0.145 e. The molecule has 0 spiro atoms. The Bertz CT molecular complexity index is 566. The van der Waals surface area contributed by atoms with Gasteiger partial charge in [-0.25, -0.2) is 0 Å². The lowest BCUT2D eigenvalue weighted by atomic mass is 10.1. The van der Waals surface area contributed by atoms with Crippen molar-refractivity contribution >= 4 is 27.9 Å². The van der Waals surface area contributed by atoms with E-state index < -0.39 is 0 Å². The largest absolute Gasteiger partial charge is 0.506 e. The molecule has 90 valence electrons. The number of hydrogen-bond acceptors (Lipinski definition) is 4. The maximum absolute atomic E-state index is 10.0. The molecule has 0 aliphatic rings. The lowest BCUT2D eigenvalue weighted by Gasteiger charge is -2.10. The predicted molar refractivity (Wildman–Crippen MR) is 72.1 cm³/mol. The molecule has 0 bridgehead atoms. The Hall–Kier alpha value is -1.39. The van der Waals surface area contributed by atoms with Crippen LogP contribution in [0.3, 0.4) is 0 Å². The number of nitrogen functional groups attached to an aromatic ring is 1. The van der Waals surface area contributed by atoms with Crippen LogP contribution in [0, 0.1) is 6.92 Å². The van der Waals surface area contributed by atoms with Gasteiger partial charge in [0.1, 0.15) is 11.5 Å². The number of thiophene rings is 1. The highest BCUT2D eigenvalue weighted by Gasteiger charge is 2.19. The number of anilines is 1. The molecular weight excluding hydrogens is 258 g/mol. The molecule has 2 aromatic rings. The SMILES string of the molecule is COc1c(Cl)cccc1-c1c(N)sc(C)c1O. The van der Waals surface area contributed by atoms with Gasteiger partial charge in [-0.3, -0.25) is 0 Å². The molecule has 5 heteroatoms. The Morgan fingerprint density at radius 3 is 2.65 bits per heavy atom. The number of benzene rings is 1. The number of nitrogens with two attached hydrogens (primary N) is 1. The average Bonchev–Trinajstić information content (AvgIpc) is 2.53. The zero-order valence-electron chi connectivity index (χ0n) is 9.45. The van der Waals surface area contributed by atoms with Crippen LogP contribution in [0.1, 0.15) is 4.88 Å². The van der Waals surface area contributed by atoms with Crippen LogP contribution in [-0.2, 0) is 0 Å². The van der Waals surface area contributed by atoms with Crippen LogP contribution in [0.5, 0.6) is 11.5 Å². The molecule has 3 N–H and O–H groups in total. The molecule has 0 aliphatic carbocycles. The first-order valence-electron chi connectivity index (χ1n) is 4.97. The van der Waals surface area contributed by atoms with Crippen LogP contribution >= 0.6 is 22.9 Å². The summed E-state index contributed by atoms with van der Waals surface area (Å²) in [4.78, 5) is 0.777. The van der Waals surface area contributed by atoms with E-state index in [-0.39, 0.29) is 5.75 Å². The number of para-hydroxylation sites is 1. The van der Waals surface area contributed by atoms with Crippen molar-refractivity contribution in [2.45, 2.75) is 6.92 Å². The highest BCUT2D eigenvalue weighted by molar-refractivity contribution is 7.16. The number of rotatable bonds is 2. The van der Waals surface area contributed by atoms with Gasteiger partial charge >= 0.3 is 0 Å². The van der Waals surface area contributed by atoms with Gasteiger partial charge in [0.25, 0.3) is 0 Å². The molecule has 2 rings (SSSR count). The molecule has 0 saturated heterocycles. The second kappa shape index (κ2) is 4.47. The lowest BCUT2D eigenvalue weighted by Crippen LogP contribution is -1.91. The third kappa shape index (κ3) is 1.94. The van der Waals surface area contributed by atoms with E-state index in [9.17, 15) is 5.11 Å². The van der Waals surface area contributed by atoms with Gasteiger partial charge in [0.2, 0.25) is 0 Å². The summed E-state index contributed by atoms with van der Waals surface area (Å²) in [7, 11) is 1.54. The minimum absolute atomic E-state index is 0.188. The first-order valence-corrected chi connectivity index (χ1v) is 6.16. The zero-order valence-corrected chi connectivity index (χ0v) is 11.0. The van der Waals surface area contributed by atoms with Crippen molar-refractivity contribution in [1.29, 1.82) is 0 Å². The highest BCUT2D eigenvalue weighted by atomic mass is 35.5. The monoisotopic (exact) mass is 269 g/mol. The van der Waals surface area contributed by atoms with Crippen molar-refractivity contribution in [3.05, 3.63) is 28.1 Å². The molecule has 17 heavy (non-hydrogen) atoms. The molecule has 1 aromatic heterocycles. The standard InChI is InChI=1S/C12H12ClNO2S/c1-6-10(15)9(12(14)17-6)7-4-3-5-8(13)11(7)16-2/h3-5,15H,14H2,1-2H3. The third-order valence-electron chi connectivity index (χ3n) is 2.52. The first kappa shape index (κ1) is 12.1. The molecule has 3 nitrogen and oxygen atoms in total. The molecule has 1 aromatic carbocycles. The van der Waals surface area contributed by atoms with Gasteiger partial charge in [0.05, 0.1) is 22.7 Å². The minimum atomic E-state index is 0.188. The van der Waals surface area contributed by atoms with Gasteiger partial charge < -0.3 is 15.6 Å². The van der Waals surface area contributed by atoms with Crippen LogP contribution in [0.15, 0.2) is 18.2 Å². The van der Waals surface area contributed by atoms with Crippen molar-refractivity contribution < 1.29 is 9.84 Å². The molecule has 0 fully saturated rings. The molecule has 0 saturated carbocycles. The topological polar surface area (TPSA) is 55.5 Å². The zero-order chi connectivity index (χ0) is 12.6. The summed E-state index contributed by atoms with van der Waals surface area (Å²) in [5, 5.41) is 11.1. The summed E-state index contributed by atoms with van der Waals surface area (Å²) in [6, 6.07) is 5.35. The van der Waals surface area contributed by atoms with E-state index in [0.29, 0.717) is 26.9 Å². The van der Waals surface area contributed by atoms with Gasteiger partial charge in [-0.1, -0.05) is 23.7 Å². The van der Waals surface area contributed by atoms with E-state index in [0.717, 1.165) is 4.88 Å². The summed E-state index contributed by atoms with van der Waals surface area (Å²) >= 11 is 7.39. The molecule has 0 aliphatic heterocycles. The molecule has 0 amide bonds. The lowest BCUT2D eigenvalue weighted by molar-refractivity contribution is 0.416. The molecular formula is C12H12ClNO2S. The quantitative estimate of drug-likeness (QED) is 0.874. The van der Waals surface area contributed by atoms with Crippen LogP contribution < -0.4 is 10.5 Å². The normalized spacial score (nSPS) is 10.5. The Morgan fingerprint density at radius 1 is 1.41 bits per heavy atom. The van der Waals surface area contributed by atoms with Crippen LogP contribution in [0.2, 0.25) is 5.02 Å². The van der Waals surface area contributed by atoms with E-state index in [1.54, 1.807) is 12.1 Å². The number of methoxy groups -OCH3 is 1. The highest BCUT2D eigenvalue weighted by Crippen LogP contribution is 2.48. The summed E-state index contributed by atoms with van der Waals surface area (Å²) < 4.78 is 5.26. The number of ether oxygens (including phenoxy) is 1. The number of aryl methyl sites for hydroxylation is 1. The number of halogens is 1. The number of aromatic hydroxyl groups is 1. The van der Waals surface area contributed by atoms with E-state index in [2.05, 4.69) is 0 Å². The summed E-state index contributed by atoms with van der Waals surface area (Å²) in [6.07, 6.45) is 0. The van der Waals surface area contributed by atoms with Crippen molar-refractivity contribution in [1.82, 2.24) is 0 Å². The fourth-order valence-corrected chi connectivity index (χ4v) is 2.82. The second-order valence-corrected chi connectivity index (χ2v) is 5.23. The summed E-state index contributed by atoms with van der Waals surface area (Å²) in [5.74, 6) is 0.710. The molecule has 0 atom stereocenters. The Kier molecular flexibility index (Phi) is 3.17. The van der Waals surface area contributed by atoms with E-state index in [4.69, 9.17) is 22.1 Å². The van der Waals surface area contributed by atoms with Crippen LogP contribution in [-0.4, -0.2) is 12.2 Å². The van der Waals surface area contributed by atoms with Crippen LogP contribution in [0.25, 0.3) is 11.1 Å². The Balaban J connectivity index is 2.72. The Labute approximate surface area is 108 Å². The molecule has 0 unspecified atom stereocenters. The van der Waals surface area contributed by atoms with Gasteiger partial charge in [-0.15, -0.1) is 11.3 Å². The van der Waals surface area contributed by atoms with E-state index in [1.165, 1.54) is 18.4 Å². The summed E-state index contributed by atoms with van der Waals surface area (Å²) in [6.45, 7) is 1.82. The van der Waals surface area contributed by atoms with Crippen molar-refractivity contribution in [2.24, 2.45) is 0 Å². The fourth-order valence-electron chi connectivity index (χ4n) is 1.73. The third-order valence-corrected chi connectivity index (χ3v) is 3.74. The van der Waals surface area contributed by atoms with E-state index in [1.807, 2.05) is 13.0 Å². The molecule has 1 heterocycles. The maximum Gasteiger partial charge on any atom is 0.145 e. The maximum atomic E-state index is 10.0. The van der Waals surface area contributed by atoms with Gasteiger partial charge in [-0.05, 0) is 13.0 Å². The fraction of sp³-hybridized carbons (Fsp3) is 0.167. The van der Waals surface area contributed by atoms with Crippen LogP contribution in [0.4, 0.5) is 5.00 Å². The van der Waals surface area contributed by atoms with Gasteiger partial charge in [0.15, 0.2) is 0 Å². The minimum Gasteiger partial charge on any atom is -0.506 e. The summed E-state index contributed by atoms with van der Waals surface area (Å²) in [5.41, 5.74) is 7.21.